The molecule has 0 saturated carbocycles. The van der Waals surface area contributed by atoms with E-state index in [1.807, 2.05) is 0 Å². The average molecular weight is 684 g/mol. The van der Waals surface area contributed by atoms with Crippen LogP contribution in [0.25, 0.3) is 0 Å². The number of nitrogens with one attached hydrogen (secondary N) is 4. The number of piperidine rings is 1. The van der Waals surface area contributed by atoms with Crippen molar-refractivity contribution < 1.29 is 48.4 Å². The third-order valence-electron chi connectivity index (χ3n) is 7.78. The van der Waals surface area contributed by atoms with Gasteiger partial charge < -0.3 is 45.3 Å². The van der Waals surface area contributed by atoms with Crippen LogP contribution in [0.15, 0.2) is 49.1 Å². The lowest BCUT2D eigenvalue weighted by Gasteiger charge is -2.35. The highest BCUT2D eigenvalue weighted by Crippen LogP contribution is 2.34. The van der Waals surface area contributed by atoms with Gasteiger partial charge in [0.25, 0.3) is 5.91 Å². The molecule has 2 aromatic carbocycles. The van der Waals surface area contributed by atoms with Crippen molar-refractivity contribution >= 4 is 41.3 Å². The zero-order valence-electron chi connectivity index (χ0n) is 28.1. The molecule has 1 heterocycles. The third kappa shape index (κ3) is 10.9. The molecule has 1 aliphatic rings. The standard InChI is InChI=1S/C34H45N5O10/c1-6-15-48-34(46)38-29(20(2)3)31(43)35-21(4)30(42)36-23-12-10-22(11-13-23)19-49-33(45)37-26-17-27(41)28(47-5)16-25(26)32(44)39-14-8-7-9-24(39)18-40/h6,10-13,16-17,20-21,24,29,40-41H,1,7-9,14-15,18-19H2,2-5H3,(H,35,43)(H,36,42)(H,37,45)(H,38,46)/t21-,24-,29-/m0/s1. The molecule has 0 radical (unpaired) electrons. The molecule has 0 spiro atoms. The van der Waals surface area contributed by atoms with Gasteiger partial charge in [0.1, 0.15) is 25.3 Å². The van der Waals surface area contributed by atoms with E-state index in [1.54, 1.807) is 43.0 Å². The molecule has 0 aliphatic carbocycles. The number of hydrogen-bond acceptors (Lipinski definition) is 10. The monoisotopic (exact) mass is 683 g/mol. The Morgan fingerprint density at radius 3 is 2.33 bits per heavy atom. The molecule has 2 aromatic rings. The molecule has 1 fully saturated rings. The summed E-state index contributed by atoms with van der Waals surface area (Å²) in [6.45, 7) is 8.51. The summed E-state index contributed by atoms with van der Waals surface area (Å²) in [5.74, 6) is -2.02. The number of likely N-dealkylation sites (tertiary alicyclic amines) is 1. The molecule has 15 nitrogen and oxygen atoms in total. The minimum atomic E-state index is -0.940. The number of carbonyl (C=O) groups is 5. The molecule has 6 N–H and O–H groups in total. The Morgan fingerprint density at radius 2 is 1.69 bits per heavy atom. The Balaban J connectivity index is 1.57. The molecule has 49 heavy (non-hydrogen) atoms. The first-order valence-electron chi connectivity index (χ1n) is 15.9. The highest BCUT2D eigenvalue weighted by molar-refractivity contribution is 6.04. The summed E-state index contributed by atoms with van der Waals surface area (Å²) < 4.78 is 15.4. The number of alkyl carbamates (subject to hydrolysis) is 1. The molecule has 1 aliphatic heterocycles. The zero-order chi connectivity index (χ0) is 36.1. The summed E-state index contributed by atoms with van der Waals surface area (Å²) in [7, 11) is 1.34. The lowest BCUT2D eigenvalue weighted by atomic mass is 10.0. The van der Waals surface area contributed by atoms with Crippen LogP contribution in [0.1, 0.15) is 56.0 Å². The number of phenols is 1. The van der Waals surface area contributed by atoms with E-state index in [0.717, 1.165) is 12.8 Å². The summed E-state index contributed by atoms with van der Waals surface area (Å²) in [5, 5.41) is 30.4. The number of nitrogens with zero attached hydrogens (tertiary/aromatic N) is 1. The SMILES string of the molecule is C=CCOC(=O)N[C@H](C(=O)N[C@@H](C)C(=O)Nc1ccc(COC(=O)Nc2cc(O)c(OC)cc2C(=O)N2CCCC[C@H]2CO)cc1)C(C)C. The maximum Gasteiger partial charge on any atom is 0.411 e. The number of anilines is 2. The molecule has 1 saturated heterocycles. The van der Waals surface area contributed by atoms with Crippen LogP contribution in [0, 0.1) is 5.92 Å². The van der Waals surface area contributed by atoms with Gasteiger partial charge in [-0.05, 0) is 55.9 Å². The fourth-order valence-corrected chi connectivity index (χ4v) is 5.06. The minimum absolute atomic E-state index is 0.0120. The second kappa shape index (κ2) is 18.3. The van der Waals surface area contributed by atoms with E-state index in [-0.39, 0.29) is 54.5 Å². The molecule has 15 heteroatoms. The van der Waals surface area contributed by atoms with Crippen LogP contribution in [0.2, 0.25) is 0 Å². The smallest absolute Gasteiger partial charge is 0.411 e. The van der Waals surface area contributed by atoms with E-state index in [4.69, 9.17) is 14.2 Å². The van der Waals surface area contributed by atoms with Crippen molar-refractivity contribution in [2.45, 2.75) is 64.8 Å². The van der Waals surface area contributed by atoms with Gasteiger partial charge in [-0.1, -0.05) is 38.6 Å². The number of carbonyl (C=O) groups excluding carboxylic acids is 5. The number of amides is 5. The zero-order valence-corrected chi connectivity index (χ0v) is 28.1. The molecule has 5 amide bonds. The number of hydrogen-bond donors (Lipinski definition) is 6. The van der Waals surface area contributed by atoms with Crippen LogP contribution in [-0.2, 0) is 25.7 Å². The molecule has 266 valence electrons. The topological polar surface area (TPSA) is 205 Å². The summed E-state index contributed by atoms with van der Waals surface area (Å²) >= 11 is 0. The molecule has 0 bridgehead atoms. The number of methoxy groups -OCH3 is 1. The Hall–Kier alpha value is -5.31. The second-order valence-corrected chi connectivity index (χ2v) is 11.8. The predicted molar refractivity (Wildman–Crippen MR) is 180 cm³/mol. The largest absolute Gasteiger partial charge is 0.504 e. The Bertz CT molecular complexity index is 1500. The van der Waals surface area contributed by atoms with Gasteiger partial charge in [0, 0.05) is 18.3 Å². The first-order valence-corrected chi connectivity index (χ1v) is 15.9. The van der Waals surface area contributed by atoms with E-state index >= 15 is 0 Å². The Labute approximate surface area is 285 Å². The molecular weight excluding hydrogens is 638 g/mol. The van der Waals surface area contributed by atoms with Crippen LogP contribution >= 0.6 is 0 Å². The Morgan fingerprint density at radius 1 is 0.980 bits per heavy atom. The fourth-order valence-electron chi connectivity index (χ4n) is 5.06. The first kappa shape index (κ1) is 38.1. The summed E-state index contributed by atoms with van der Waals surface area (Å²) in [6, 6.07) is 6.72. The third-order valence-corrected chi connectivity index (χ3v) is 7.78. The van der Waals surface area contributed by atoms with Crippen LogP contribution in [-0.4, -0.2) is 90.0 Å². The highest BCUT2D eigenvalue weighted by Gasteiger charge is 2.30. The highest BCUT2D eigenvalue weighted by atomic mass is 16.6. The van der Waals surface area contributed by atoms with Gasteiger partial charge >= 0.3 is 12.2 Å². The first-order chi connectivity index (χ1) is 23.4. The van der Waals surface area contributed by atoms with E-state index in [2.05, 4.69) is 27.8 Å². The van der Waals surface area contributed by atoms with Gasteiger partial charge in [0.15, 0.2) is 11.5 Å². The molecule has 0 aromatic heterocycles. The number of aliphatic hydroxyl groups is 1. The fraction of sp³-hybridized carbons (Fsp3) is 0.441. The van der Waals surface area contributed by atoms with E-state index in [0.29, 0.717) is 24.2 Å². The van der Waals surface area contributed by atoms with Crippen LogP contribution in [0.5, 0.6) is 11.5 Å². The van der Waals surface area contributed by atoms with Gasteiger partial charge in [-0.25, -0.2) is 9.59 Å². The number of aliphatic hydroxyl groups excluding tert-OH is 1. The summed E-state index contributed by atoms with van der Waals surface area (Å²) in [5.41, 5.74) is 1.08. The summed E-state index contributed by atoms with van der Waals surface area (Å²) in [6.07, 6.45) is 2.03. The number of phenolic OH excluding ortho intramolecular Hbond substituents is 1. The van der Waals surface area contributed by atoms with Crippen molar-refractivity contribution in [2.24, 2.45) is 5.92 Å². The lowest BCUT2D eigenvalue weighted by Crippen LogP contribution is -2.53. The lowest BCUT2D eigenvalue weighted by molar-refractivity contribution is -0.128. The van der Waals surface area contributed by atoms with Crippen molar-refractivity contribution in [3.05, 3.63) is 60.2 Å². The molecule has 3 rings (SSSR count). The number of benzene rings is 2. The van der Waals surface area contributed by atoms with Crippen LogP contribution < -0.4 is 26.0 Å². The van der Waals surface area contributed by atoms with Gasteiger partial charge in [0.05, 0.1) is 31.0 Å². The number of rotatable bonds is 14. The molecule has 0 unspecified atom stereocenters. The second-order valence-electron chi connectivity index (χ2n) is 11.8. The van der Waals surface area contributed by atoms with Crippen LogP contribution in [0.3, 0.4) is 0 Å². The van der Waals surface area contributed by atoms with Crippen molar-refractivity contribution in [3.8, 4) is 11.5 Å². The van der Waals surface area contributed by atoms with Gasteiger partial charge in [0.2, 0.25) is 11.8 Å². The minimum Gasteiger partial charge on any atom is -0.504 e. The van der Waals surface area contributed by atoms with Crippen LogP contribution in [0.4, 0.5) is 21.0 Å². The van der Waals surface area contributed by atoms with Gasteiger partial charge in [-0.15, -0.1) is 0 Å². The van der Waals surface area contributed by atoms with E-state index in [9.17, 15) is 34.2 Å². The van der Waals surface area contributed by atoms with E-state index < -0.39 is 42.0 Å². The molecular formula is C34H45N5O10. The number of aromatic hydroxyl groups is 1. The van der Waals surface area contributed by atoms with E-state index in [1.165, 1.54) is 32.2 Å². The Kier molecular flexibility index (Phi) is 14.2. The summed E-state index contributed by atoms with van der Waals surface area (Å²) in [4.78, 5) is 65.2. The maximum absolute atomic E-state index is 13.5. The molecule has 3 atom stereocenters. The number of ether oxygens (including phenoxy) is 3. The van der Waals surface area contributed by atoms with Crippen molar-refractivity contribution in [1.82, 2.24) is 15.5 Å². The quantitative estimate of drug-likeness (QED) is 0.160. The van der Waals surface area contributed by atoms with Gasteiger partial charge in [-0.3, -0.25) is 19.7 Å². The maximum atomic E-state index is 13.5. The average Bonchev–Trinajstić information content (AvgIpc) is 3.08. The van der Waals surface area contributed by atoms with Crippen molar-refractivity contribution in [2.75, 3.05) is 37.5 Å². The van der Waals surface area contributed by atoms with Crippen molar-refractivity contribution in [3.63, 3.8) is 0 Å². The normalized spacial score (nSPS) is 15.3. The van der Waals surface area contributed by atoms with Crippen molar-refractivity contribution in [1.29, 1.82) is 0 Å². The van der Waals surface area contributed by atoms with Gasteiger partial charge in [-0.2, -0.15) is 0 Å². The predicted octanol–water partition coefficient (Wildman–Crippen LogP) is 3.52.